The van der Waals surface area contributed by atoms with Crippen LogP contribution >= 0.6 is 0 Å². The van der Waals surface area contributed by atoms with Gasteiger partial charge < -0.3 is 10.6 Å². The summed E-state index contributed by atoms with van der Waals surface area (Å²) in [6.45, 7) is 5.57. The number of aromatic nitrogens is 2. The highest BCUT2D eigenvalue weighted by Crippen LogP contribution is 2.31. The molecule has 21 heavy (non-hydrogen) atoms. The standard InChI is InChI=1S/C17H30N4/c1-4-6-15-16(18-3)20-12-21-17(15)19-11-14-9-7-13(5-2)8-10-14/h12-14H,4-11H2,1-3H3,(H2,18,19,20,21). The fourth-order valence-electron chi connectivity index (χ4n) is 3.35. The normalized spacial score (nSPS) is 22.0. The molecule has 0 saturated heterocycles. The first-order valence-corrected chi connectivity index (χ1v) is 8.53. The Bertz CT molecular complexity index is 425. The first-order chi connectivity index (χ1) is 10.3. The molecule has 1 aliphatic rings. The summed E-state index contributed by atoms with van der Waals surface area (Å²) in [6, 6.07) is 0. The van der Waals surface area contributed by atoms with Crippen LogP contribution in [-0.4, -0.2) is 23.6 Å². The van der Waals surface area contributed by atoms with Crippen molar-refractivity contribution in [2.45, 2.75) is 58.8 Å². The van der Waals surface area contributed by atoms with E-state index in [1.807, 2.05) is 7.05 Å². The molecule has 1 saturated carbocycles. The number of nitrogens with zero attached hydrogens (tertiary/aromatic N) is 2. The van der Waals surface area contributed by atoms with Gasteiger partial charge in [0.25, 0.3) is 0 Å². The van der Waals surface area contributed by atoms with Gasteiger partial charge in [0.15, 0.2) is 0 Å². The smallest absolute Gasteiger partial charge is 0.134 e. The van der Waals surface area contributed by atoms with Crippen molar-refractivity contribution in [3.8, 4) is 0 Å². The van der Waals surface area contributed by atoms with Crippen LogP contribution < -0.4 is 10.6 Å². The fraction of sp³-hybridized carbons (Fsp3) is 0.765. The molecule has 0 amide bonds. The van der Waals surface area contributed by atoms with Gasteiger partial charge in [0.2, 0.25) is 0 Å². The van der Waals surface area contributed by atoms with Crippen LogP contribution in [0.2, 0.25) is 0 Å². The minimum atomic E-state index is 0.801. The molecule has 4 heteroatoms. The predicted octanol–water partition coefficient (Wildman–Crippen LogP) is 4.10. The molecule has 0 atom stereocenters. The second kappa shape index (κ2) is 8.20. The van der Waals surface area contributed by atoms with Crippen LogP contribution in [0.5, 0.6) is 0 Å². The molecule has 2 N–H and O–H groups in total. The van der Waals surface area contributed by atoms with E-state index < -0.39 is 0 Å². The molecule has 1 aliphatic carbocycles. The third-order valence-electron chi connectivity index (χ3n) is 4.78. The molecule has 0 radical (unpaired) electrons. The van der Waals surface area contributed by atoms with Crippen LogP contribution in [0.4, 0.5) is 11.6 Å². The molecule has 1 fully saturated rings. The zero-order chi connectivity index (χ0) is 15.1. The van der Waals surface area contributed by atoms with Gasteiger partial charge in [0.1, 0.15) is 18.0 Å². The number of nitrogens with one attached hydrogen (secondary N) is 2. The second-order valence-electron chi connectivity index (χ2n) is 6.23. The van der Waals surface area contributed by atoms with Crippen LogP contribution in [0.15, 0.2) is 6.33 Å². The van der Waals surface area contributed by atoms with Gasteiger partial charge in [0.05, 0.1) is 0 Å². The maximum Gasteiger partial charge on any atom is 0.134 e. The van der Waals surface area contributed by atoms with Gasteiger partial charge >= 0.3 is 0 Å². The Hall–Kier alpha value is -1.32. The summed E-state index contributed by atoms with van der Waals surface area (Å²) in [7, 11) is 1.93. The SMILES string of the molecule is CCCc1c(NC)ncnc1NCC1CCC(CC)CC1. The van der Waals surface area contributed by atoms with E-state index in [4.69, 9.17) is 0 Å². The monoisotopic (exact) mass is 290 g/mol. The quantitative estimate of drug-likeness (QED) is 0.794. The minimum Gasteiger partial charge on any atom is -0.373 e. The minimum absolute atomic E-state index is 0.801. The lowest BCUT2D eigenvalue weighted by Gasteiger charge is -2.28. The molecular formula is C17H30N4. The average Bonchev–Trinajstić information content (AvgIpc) is 2.54. The molecule has 0 aromatic carbocycles. The summed E-state index contributed by atoms with van der Waals surface area (Å²) in [5.41, 5.74) is 1.23. The Morgan fingerprint density at radius 1 is 1.05 bits per heavy atom. The van der Waals surface area contributed by atoms with E-state index in [0.717, 1.165) is 42.9 Å². The Morgan fingerprint density at radius 3 is 2.33 bits per heavy atom. The molecule has 118 valence electrons. The van der Waals surface area contributed by atoms with Gasteiger partial charge in [-0.05, 0) is 31.1 Å². The number of anilines is 2. The van der Waals surface area contributed by atoms with Gasteiger partial charge in [-0.25, -0.2) is 9.97 Å². The summed E-state index contributed by atoms with van der Waals surface area (Å²) in [6.07, 6.45) is 10.6. The van der Waals surface area contributed by atoms with Crippen LogP contribution in [0, 0.1) is 11.8 Å². The number of hydrogen-bond donors (Lipinski definition) is 2. The van der Waals surface area contributed by atoms with Crippen LogP contribution in [-0.2, 0) is 6.42 Å². The highest BCUT2D eigenvalue weighted by atomic mass is 15.1. The third kappa shape index (κ3) is 4.32. The summed E-state index contributed by atoms with van der Waals surface area (Å²) < 4.78 is 0. The van der Waals surface area contributed by atoms with Crippen molar-refractivity contribution in [1.82, 2.24) is 9.97 Å². The highest BCUT2D eigenvalue weighted by molar-refractivity contribution is 5.57. The molecule has 0 bridgehead atoms. The van der Waals surface area contributed by atoms with Crippen molar-refractivity contribution >= 4 is 11.6 Å². The molecule has 0 spiro atoms. The molecule has 1 aromatic heterocycles. The predicted molar refractivity (Wildman–Crippen MR) is 89.8 cm³/mol. The molecule has 1 heterocycles. The van der Waals surface area contributed by atoms with E-state index in [1.54, 1.807) is 6.33 Å². The molecule has 2 rings (SSSR count). The second-order valence-corrected chi connectivity index (χ2v) is 6.23. The lowest BCUT2D eigenvalue weighted by atomic mass is 9.81. The zero-order valence-electron chi connectivity index (χ0n) is 13.8. The van der Waals surface area contributed by atoms with Crippen LogP contribution in [0.25, 0.3) is 0 Å². The summed E-state index contributed by atoms with van der Waals surface area (Å²) in [5, 5.41) is 6.77. The maximum absolute atomic E-state index is 4.46. The van der Waals surface area contributed by atoms with Gasteiger partial charge in [-0.2, -0.15) is 0 Å². The Morgan fingerprint density at radius 2 is 1.71 bits per heavy atom. The number of hydrogen-bond acceptors (Lipinski definition) is 4. The first-order valence-electron chi connectivity index (χ1n) is 8.53. The molecule has 0 aliphatic heterocycles. The third-order valence-corrected chi connectivity index (χ3v) is 4.78. The van der Waals surface area contributed by atoms with Gasteiger partial charge in [0, 0.05) is 19.2 Å². The molecular weight excluding hydrogens is 260 g/mol. The van der Waals surface area contributed by atoms with E-state index in [1.165, 1.54) is 37.7 Å². The number of rotatable bonds is 7. The first kappa shape index (κ1) is 16.1. The lowest BCUT2D eigenvalue weighted by molar-refractivity contribution is 0.278. The van der Waals surface area contributed by atoms with Gasteiger partial charge in [-0.3, -0.25) is 0 Å². The Balaban J connectivity index is 1.93. The van der Waals surface area contributed by atoms with E-state index >= 15 is 0 Å². The van der Waals surface area contributed by atoms with Crippen molar-refractivity contribution in [2.24, 2.45) is 11.8 Å². The van der Waals surface area contributed by atoms with Crippen molar-refractivity contribution < 1.29 is 0 Å². The molecule has 1 aromatic rings. The Labute approximate surface area is 129 Å². The van der Waals surface area contributed by atoms with Crippen LogP contribution in [0.3, 0.4) is 0 Å². The maximum atomic E-state index is 4.46. The van der Waals surface area contributed by atoms with E-state index in [-0.39, 0.29) is 0 Å². The Kier molecular flexibility index (Phi) is 6.27. The molecule has 0 unspecified atom stereocenters. The van der Waals surface area contributed by atoms with Crippen molar-refractivity contribution in [2.75, 3.05) is 24.2 Å². The largest absolute Gasteiger partial charge is 0.373 e. The van der Waals surface area contributed by atoms with Crippen molar-refractivity contribution in [3.63, 3.8) is 0 Å². The summed E-state index contributed by atoms with van der Waals surface area (Å²) in [5.74, 6) is 3.75. The summed E-state index contributed by atoms with van der Waals surface area (Å²) >= 11 is 0. The van der Waals surface area contributed by atoms with E-state index in [0.29, 0.717) is 0 Å². The van der Waals surface area contributed by atoms with Gasteiger partial charge in [-0.15, -0.1) is 0 Å². The van der Waals surface area contributed by atoms with Crippen molar-refractivity contribution in [1.29, 1.82) is 0 Å². The highest BCUT2D eigenvalue weighted by Gasteiger charge is 2.20. The lowest BCUT2D eigenvalue weighted by Crippen LogP contribution is -2.22. The summed E-state index contributed by atoms with van der Waals surface area (Å²) in [4.78, 5) is 8.79. The fourth-order valence-corrected chi connectivity index (χ4v) is 3.35. The van der Waals surface area contributed by atoms with E-state index in [9.17, 15) is 0 Å². The van der Waals surface area contributed by atoms with Crippen molar-refractivity contribution in [3.05, 3.63) is 11.9 Å². The van der Waals surface area contributed by atoms with Gasteiger partial charge in [-0.1, -0.05) is 39.5 Å². The topological polar surface area (TPSA) is 49.8 Å². The average molecular weight is 290 g/mol. The molecule has 4 nitrogen and oxygen atoms in total. The van der Waals surface area contributed by atoms with Crippen LogP contribution in [0.1, 0.15) is 57.9 Å². The zero-order valence-corrected chi connectivity index (χ0v) is 13.8. The van der Waals surface area contributed by atoms with E-state index in [2.05, 4.69) is 34.4 Å².